The van der Waals surface area contributed by atoms with Gasteiger partial charge in [0, 0.05) is 13.1 Å². The van der Waals surface area contributed by atoms with Gasteiger partial charge in [-0.3, -0.25) is 9.48 Å². The SMILES string of the molecule is COc1ccc(CN2CCn3nc(C(=O)[O-])cc3C2=O)cc1. The van der Waals surface area contributed by atoms with Crippen molar-refractivity contribution in [1.82, 2.24) is 14.7 Å². The van der Waals surface area contributed by atoms with Crippen molar-refractivity contribution in [2.45, 2.75) is 13.1 Å². The van der Waals surface area contributed by atoms with Crippen LogP contribution >= 0.6 is 0 Å². The van der Waals surface area contributed by atoms with Gasteiger partial charge in [0.1, 0.15) is 17.1 Å². The molecule has 0 spiro atoms. The van der Waals surface area contributed by atoms with Crippen LogP contribution in [0.2, 0.25) is 0 Å². The Hall–Kier alpha value is -2.83. The molecule has 0 aliphatic carbocycles. The number of carbonyl (C=O) groups excluding carboxylic acids is 2. The highest BCUT2D eigenvalue weighted by Crippen LogP contribution is 2.18. The Bertz CT molecular complexity index is 721. The summed E-state index contributed by atoms with van der Waals surface area (Å²) in [6, 6.07) is 8.72. The summed E-state index contributed by atoms with van der Waals surface area (Å²) in [5.74, 6) is -0.858. The average Bonchev–Trinajstić information content (AvgIpc) is 2.96. The lowest BCUT2D eigenvalue weighted by Gasteiger charge is -2.27. The minimum absolute atomic E-state index is 0.213. The maximum absolute atomic E-state index is 12.4. The molecule has 1 aromatic carbocycles. The number of nitrogens with zero attached hydrogens (tertiary/aromatic N) is 3. The first-order valence-electron chi connectivity index (χ1n) is 6.80. The Kier molecular flexibility index (Phi) is 3.54. The zero-order valence-electron chi connectivity index (χ0n) is 12.0. The summed E-state index contributed by atoms with van der Waals surface area (Å²) >= 11 is 0. The number of carboxylic acid groups (broad SMARTS) is 1. The standard InChI is InChI=1S/C15H15N3O4/c1-22-11-4-2-10(3-5-11)9-17-6-7-18-13(14(17)19)8-12(16-18)15(20)21/h2-5,8H,6-7,9H2,1H3,(H,20,21)/p-1. The summed E-state index contributed by atoms with van der Waals surface area (Å²) in [5.41, 5.74) is 1.04. The average molecular weight is 300 g/mol. The van der Waals surface area contributed by atoms with E-state index in [4.69, 9.17) is 4.74 Å². The molecule has 0 atom stereocenters. The van der Waals surface area contributed by atoms with Gasteiger partial charge < -0.3 is 19.5 Å². The van der Waals surface area contributed by atoms with Crippen LogP contribution in [0, 0.1) is 0 Å². The zero-order chi connectivity index (χ0) is 15.7. The van der Waals surface area contributed by atoms with Crippen molar-refractivity contribution in [3.63, 3.8) is 0 Å². The maximum atomic E-state index is 12.4. The van der Waals surface area contributed by atoms with Gasteiger partial charge >= 0.3 is 0 Å². The number of fused-ring (bicyclic) bond motifs is 1. The van der Waals surface area contributed by atoms with E-state index >= 15 is 0 Å². The van der Waals surface area contributed by atoms with Gasteiger partial charge in [0.05, 0.1) is 19.6 Å². The van der Waals surface area contributed by atoms with Crippen LogP contribution in [-0.4, -0.2) is 40.2 Å². The molecule has 0 N–H and O–H groups in total. The topological polar surface area (TPSA) is 87.5 Å². The molecule has 114 valence electrons. The molecule has 0 bridgehead atoms. The third kappa shape index (κ3) is 2.52. The van der Waals surface area contributed by atoms with Crippen molar-refractivity contribution in [2.24, 2.45) is 0 Å². The lowest BCUT2D eigenvalue weighted by atomic mass is 10.2. The number of carboxylic acids is 1. The number of hydrogen-bond donors (Lipinski definition) is 0. The molecular weight excluding hydrogens is 286 g/mol. The van der Waals surface area contributed by atoms with Gasteiger partial charge in [-0.05, 0) is 23.8 Å². The van der Waals surface area contributed by atoms with Crippen LogP contribution in [0.3, 0.4) is 0 Å². The molecule has 2 heterocycles. The predicted octanol–water partition coefficient (Wildman–Crippen LogP) is -0.0888. The lowest BCUT2D eigenvalue weighted by Crippen LogP contribution is -2.39. The summed E-state index contributed by atoms with van der Waals surface area (Å²) in [5, 5.41) is 14.7. The summed E-state index contributed by atoms with van der Waals surface area (Å²) in [6.07, 6.45) is 0. The van der Waals surface area contributed by atoms with Gasteiger partial charge in [0.15, 0.2) is 0 Å². The molecule has 0 saturated heterocycles. The molecule has 0 fully saturated rings. The number of carbonyl (C=O) groups is 2. The van der Waals surface area contributed by atoms with Crippen LogP contribution < -0.4 is 9.84 Å². The molecule has 7 nitrogen and oxygen atoms in total. The summed E-state index contributed by atoms with van der Waals surface area (Å²) in [4.78, 5) is 24.9. The van der Waals surface area contributed by atoms with Crippen molar-refractivity contribution < 1.29 is 19.4 Å². The quantitative estimate of drug-likeness (QED) is 0.787. The van der Waals surface area contributed by atoms with Gasteiger partial charge in [-0.1, -0.05) is 12.1 Å². The molecule has 1 aromatic heterocycles. The van der Waals surface area contributed by atoms with Crippen LogP contribution in [0.5, 0.6) is 5.75 Å². The number of amides is 1. The molecule has 1 aliphatic heterocycles. The molecule has 3 rings (SSSR count). The van der Waals surface area contributed by atoms with Gasteiger partial charge in [0.25, 0.3) is 5.91 Å². The Balaban J connectivity index is 1.78. The lowest BCUT2D eigenvalue weighted by molar-refractivity contribution is -0.255. The van der Waals surface area contributed by atoms with E-state index in [9.17, 15) is 14.7 Å². The van der Waals surface area contributed by atoms with E-state index in [1.165, 1.54) is 10.7 Å². The van der Waals surface area contributed by atoms with Gasteiger partial charge in [-0.25, -0.2) is 0 Å². The number of benzene rings is 1. The molecule has 0 unspecified atom stereocenters. The van der Waals surface area contributed by atoms with Crippen LogP contribution in [0.25, 0.3) is 0 Å². The van der Waals surface area contributed by atoms with Gasteiger partial charge in [-0.15, -0.1) is 0 Å². The van der Waals surface area contributed by atoms with E-state index in [0.717, 1.165) is 11.3 Å². The van der Waals surface area contributed by atoms with Gasteiger partial charge in [0.2, 0.25) is 0 Å². The van der Waals surface area contributed by atoms with E-state index in [1.807, 2.05) is 24.3 Å². The van der Waals surface area contributed by atoms with Crippen molar-refractivity contribution in [3.05, 3.63) is 47.3 Å². The largest absolute Gasteiger partial charge is 0.543 e. The highest BCUT2D eigenvalue weighted by atomic mass is 16.5. The Morgan fingerprint density at radius 2 is 2.05 bits per heavy atom. The fourth-order valence-corrected chi connectivity index (χ4v) is 2.44. The number of rotatable bonds is 4. The van der Waals surface area contributed by atoms with E-state index in [2.05, 4.69) is 5.10 Å². The Morgan fingerprint density at radius 3 is 2.68 bits per heavy atom. The second kappa shape index (κ2) is 5.51. The van der Waals surface area contributed by atoms with Crippen LogP contribution in [0.15, 0.2) is 30.3 Å². The van der Waals surface area contributed by atoms with E-state index in [-0.39, 0.29) is 17.3 Å². The Morgan fingerprint density at radius 1 is 1.32 bits per heavy atom. The summed E-state index contributed by atoms with van der Waals surface area (Å²) in [6.45, 7) is 1.39. The van der Waals surface area contributed by atoms with Crippen molar-refractivity contribution in [2.75, 3.05) is 13.7 Å². The second-order valence-corrected chi connectivity index (χ2v) is 5.00. The molecule has 22 heavy (non-hydrogen) atoms. The highest BCUT2D eigenvalue weighted by Gasteiger charge is 2.26. The first-order valence-corrected chi connectivity index (χ1v) is 6.80. The summed E-state index contributed by atoms with van der Waals surface area (Å²) < 4.78 is 6.51. The number of aromatic nitrogens is 2. The second-order valence-electron chi connectivity index (χ2n) is 5.00. The normalized spacial score (nSPS) is 13.9. The maximum Gasteiger partial charge on any atom is 0.272 e. The molecule has 0 saturated carbocycles. The number of ether oxygens (including phenoxy) is 1. The van der Waals surface area contributed by atoms with Crippen molar-refractivity contribution in [1.29, 1.82) is 0 Å². The molecule has 1 aliphatic rings. The molecule has 2 aromatic rings. The minimum Gasteiger partial charge on any atom is -0.543 e. The van der Waals surface area contributed by atoms with E-state index in [0.29, 0.717) is 19.6 Å². The number of hydrogen-bond acceptors (Lipinski definition) is 5. The fourth-order valence-electron chi connectivity index (χ4n) is 2.44. The van der Waals surface area contributed by atoms with Crippen molar-refractivity contribution in [3.8, 4) is 5.75 Å². The third-order valence-corrected chi connectivity index (χ3v) is 3.61. The highest BCUT2D eigenvalue weighted by molar-refractivity contribution is 5.95. The van der Waals surface area contributed by atoms with Gasteiger partial charge in [-0.2, -0.15) is 5.10 Å². The zero-order valence-corrected chi connectivity index (χ0v) is 12.0. The minimum atomic E-state index is -1.38. The summed E-state index contributed by atoms with van der Waals surface area (Å²) in [7, 11) is 1.60. The predicted molar refractivity (Wildman–Crippen MR) is 74.3 cm³/mol. The molecule has 1 amide bonds. The smallest absolute Gasteiger partial charge is 0.272 e. The van der Waals surface area contributed by atoms with Crippen LogP contribution in [-0.2, 0) is 13.1 Å². The van der Waals surface area contributed by atoms with E-state index in [1.54, 1.807) is 12.0 Å². The number of methoxy groups -OCH3 is 1. The third-order valence-electron chi connectivity index (χ3n) is 3.61. The molecular formula is C15H14N3O4-. The van der Waals surface area contributed by atoms with Crippen LogP contribution in [0.1, 0.15) is 26.5 Å². The monoisotopic (exact) mass is 300 g/mol. The molecule has 7 heteroatoms. The Labute approximate surface area is 126 Å². The first kappa shape index (κ1) is 14.1. The van der Waals surface area contributed by atoms with E-state index < -0.39 is 5.97 Å². The van der Waals surface area contributed by atoms with Crippen LogP contribution in [0.4, 0.5) is 0 Å². The first-order chi connectivity index (χ1) is 10.6. The fraction of sp³-hybridized carbons (Fsp3) is 0.267. The molecule has 0 radical (unpaired) electrons. The number of aromatic carboxylic acids is 1. The van der Waals surface area contributed by atoms with Crippen molar-refractivity contribution >= 4 is 11.9 Å².